The van der Waals surface area contributed by atoms with E-state index < -0.39 is 0 Å². The minimum absolute atomic E-state index is 0.226. The van der Waals surface area contributed by atoms with Crippen LogP contribution in [0.4, 0.5) is 17.1 Å². The average molecular weight is 391 g/mol. The van der Waals surface area contributed by atoms with E-state index in [9.17, 15) is 4.79 Å². The van der Waals surface area contributed by atoms with Crippen molar-refractivity contribution in [2.24, 2.45) is 0 Å². The molecule has 0 aliphatic rings. The van der Waals surface area contributed by atoms with Gasteiger partial charge in [-0.25, -0.2) is 0 Å². The molecule has 3 rings (SSSR count). The molecule has 0 unspecified atom stereocenters. The van der Waals surface area contributed by atoms with Gasteiger partial charge in [0, 0.05) is 18.0 Å². The van der Waals surface area contributed by atoms with Crippen LogP contribution in [-0.2, 0) is 0 Å². The van der Waals surface area contributed by atoms with Crippen molar-refractivity contribution >= 4 is 23.0 Å². The Morgan fingerprint density at radius 3 is 2.34 bits per heavy atom. The number of rotatable bonds is 7. The third kappa shape index (κ3) is 5.04. The van der Waals surface area contributed by atoms with E-state index in [2.05, 4.69) is 29.5 Å². The highest BCUT2D eigenvalue weighted by Gasteiger charge is 2.10. The summed E-state index contributed by atoms with van der Waals surface area (Å²) in [5.74, 6) is 1.57. The molecule has 0 saturated heterocycles. The molecule has 29 heavy (non-hydrogen) atoms. The summed E-state index contributed by atoms with van der Waals surface area (Å²) < 4.78 is 10.7. The fourth-order valence-corrected chi connectivity index (χ4v) is 2.85. The molecule has 0 bridgehead atoms. The van der Waals surface area contributed by atoms with E-state index in [1.54, 1.807) is 26.5 Å². The summed E-state index contributed by atoms with van der Waals surface area (Å²) >= 11 is 0. The lowest BCUT2D eigenvalue weighted by Crippen LogP contribution is -2.12. The number of benzene rings is 2. The summed E-state index contributed by atoms with van der Waals surface area (Å²) in [6.07, 6.45) is 3.18. The maximum absolute atomic E-state index is 12.6. The summed E-state index contributed by atoms with van der Waals surface area (Å²) in [7, 11) is 3.20. The first-order valence-electron chi connectivity index (χ1n) is 9.35. The molecular formula is C23H25N3O3. The maximum atomic E-state index is 12.6. The summed E-state index contributed by atoms with van der Waals surface area (Å²) in [5.41, 5.74) is 3.80. The molecule has 1 amide bonds. The van der Waals surface area contributed by atoms with Gasteiger partial charge in [-0.05, 0) is 41.8 Å². The van der Waals surface area contributed by atoms with E-state index in [1.807, 2.05) is 42.5 Å². The molecule has 0 spiro atoms. The van der Waals surface area contributed by atoms with Crippen molar-refractivity contribution in [2.75, 3.05) is 24.9 Å². The lowest BCUT2D eigenvalue weighted by Gasteiger charge is -2.13. The van der Waals surface area contributed by atoms with Crippen molar-refractivity contribution in [1.82, 2.24) is 4.98 Å². The number of hydrogen-bond acceptors (Lipinski definition) is 5. The van der Waals surface area contributed by atoms with Crippen molar-refractivity contribution in [2.45, 2.75) is 19.8 Å². The van der Waals surface area contributed by atoms with Crippen LogP contribution < -0.4 is 20.1 Å². The van der Waals surface area contributed by atoms with Crippen molar-refractivity contribution in [1.29, 1.82) is 0 Å². The second kappa shape index (κ2) is 9.10. The van der Waals surface area contributed by atoms with Crippen LogP contribution in [0.15, 0.2) is 60.9 Å². The third-order valence-corrected chi connectivity index (χ3v) is 4.52. The number of aromatic nitrogens is 1. The Kier molecular flexibility index (Phi) is 6.34. The first-order chi connectivity index (χ1) is 14.0. The Labute approximate surface area is 170 Å². The summed E-state index contributed by atoms with van der Waals surface area (Å²) in [5, 5.41) is 6.13. The van der Waals surface area contributed by atoms with E-state index >= 15 is 0 Å². The number of nitrogens with one attached hydrogen (secondary N) is 2. The van der Waals surface area contributed by atoms with Gasteiger partial charge >= 0.3 is 0 Å². The van der Waals surface area contributed by atoms with Gasteiger partial charge in [0.05, 0.1) is 37.4 Å². The number of pyridine rings is 1. The number of carbonyl (C=O) groups is 1. The highest BCUT2D eigenvalue weighted by Crippen LogP contribution is 2.31. The van der Waals surface area contributed by atoms with Crippen LogP contribution in [0, 0.1) is 0 Å². The minimum atomic E-state index is -0.226. The Morgan fingerprint density at radius 2 is 1.69 bits per heavy atom. The summed E-state index contributed by atoms with van der Waals surface area (Å²) in [4.78, 5) is 16.8. The zero-order valence-electron chi connectivity index (χ0n) is 17.0. The molecule has 0 atom stereocenters. The lowest BCUT2D eigenvalue weighted by molar-refractivity contribution is 0.102. The standard InChI is InChI=1S/C23H25N3O3/c1-15(2)16-5-7-18(8-6-16)26-23(27)17-11-19(14-24-13-17)25-21-12-20(28-3)9-10-22(21)29-4/h5-15,25H,1-4H3,(H,26,27). The van der Waals surface area contributed by atoms with Gasteiger partial charge in [-0.15, -0.1) is 0 Å². The maximum Gasteiger partial charge on any atom is 0.257 e. The molecule has 2 N–H and O–H groups in total. The van der Waals surface area contributed by atoms with Gasteiger partial charge in [-0.3, -0.25) is 9.78 Å². The van der Waals surface area contributed by atoms with Crippen LogP contribution in [0.5, 0.6) is 11.5 Å². The quantitative estimate of drug-likeness (QED) is 0.578. The van der Waals surface area contributed by atoms with Crippen molar-refractivity contribution < 1.29 is 14.3 Å². The molecule has 6 nitrogen and oxygen atoms in total. The Hall–Kier alpha value is -3.54. The SMILES string of the molecule is COc1ccc(OC)c(Nc2cncc(C(=O)Nc3ccc(C(C)C)cc3)c2)c1. The third-order valence-electron chi connectivity index (χ3n) is 4.52. The van der Waals surface area contributed by atoms with E-state index in [-0.39, 0.29) is 5.91 Å². The van der Waals surface area contributed by atoms with Crippen molar-refractivity contribution in [3.05, 3.63) is 72.1 Å². The summed E-state index contributed by atoms with van der Waals surface area (Å²) in [6.45, 7) is 4.27. The van der Waals surface area contributed by atoms with Crippen molar-refractivity contribution in [3.8, 4) is 11.5 Å². The van der Waals surface area contributed by atoms with Gasteiger partial charge in [0.25, 0.3) is 5.91 Å². The predicted octanol–water partition coefficient (Wildman–Crippen LogP) is 5.22. The second-order valence-corrected chi connectivity index (χ2v) is 6.88. The molecule has 150 valence electrons. The molecule has 3 aromatic rings. The van der Waals surface area contributed by atoms with E-state index in [1.165, 1.54) is 11.8 Å². The molecule has 0 aliphatic heterocycles. The molecule has 2 aromatic carbocycles. The Balaban J connectivity index is 1.76. The molecule has 6 heteroatoms. The smallest absolute Gasteiger partial charge is 0.257 e. The molecule has 0 fully saturated rings. The molecule has 0 radical (unpaired) electrons. The predicted molar refractivity (Wildman–Crippen MR) is 116 cm³/mol. The fourth-order valence-electron chi connectivity index (χ4n) is 2.85. The Bertz CT molecular complexity index is 985. The van der Waals surface area contributed by atoms with Gasteiger partial charge in [0.1, 0.15) is 11.5 Å². The lowest BCUT2D eigenvalue weighted by atomic mass is 10.0. The highest BCUT2D eigenvalue weighted by atomic mass is 16.5. The van der Waals surface area contributed by atoms with E-state index in [0.717, 1.165) is 11.4 Å². The molecule has 0 saturated carbocycles. The number of hydrogen-bond donors (Lipinski definition) is 2. The minimum Gasteiger partial charge on any atom is -0.497 e. The molecular weight excluding hydrogens is 366 g/mol. The largest absolute Gasteiger partial charge is 0.497 e. The van der Waals surface area contributed by atoms with Gasteiger partial charge in [-0.2, -0.15) is 0 Å². The number of methoxy groups -OCH3 is 2. The number of nitrogens with zero attached hydrogens (tertiary/aromatic N) is 1. The van der Waals surface area contributed by atoms with Crippen molar-refractivity contribution in [3.63, 3.8) is 0 Å². The molecule has 0 aliphatic carbocycles. The molecule has 1 heterocycles. The van der Waals surface area contributed by atoms with Crippen LogP contribution in [-0.4, -0.2) is 25.1 Å². The van der Waals surface area contributed by atoms with Crippen LogP contribution in [0.2, 0.25) is 0 Å². The average Bonchev–Trinajstić information content (AvgIpc) is 2.74. The number of ether oxygens (including phenoxy) is 2. The van der Waals surface area contributed by atoms with Gasteiger partial charge in [0.2, 0.25) is 0 Å². The zero-order chi connectivity index (χ0) is 20.8. The van der Waals surface area contributed by atoms with Gasteiger partial charge in [-0.1, -0.05) is 26.0 Å². The van der Waals surface area contributed by atoms with E-state index in [4.69, 9.17) is 9.47 Å². The first-order valence-corrected chi connectivity index (χ1v) is 9.35. The normalized spacial score (nSPS) is 10.5. The fraction of sp³-hybridized carbons (Fsp3) is 0.217. The van der Waals surface area contributed by atoms with Crippen LogP contribution in [0.3, 0.4) is 0 Å². The van der Waals surface area contributed by atoms with Gasteiger partial charge in [0.15, 0.2) is 0 Å². The van der Waals surface area contributed by atoms with Gasteiger partial charge < -0.3 is 20.1 Å². The van der Waals surface area contributed by atoms with E-state index in [0.29, 0.717) is 28.7 Å². The Morgan fingerprint density at radius 1 is 0.931 bits per heavy atom. The number of carbonyl (C=O) groups excluding carboxylic acids is 1. The summed E-state index contributed by atoms with van der Waals surface area (Å²) in [6, 6.07) is 15.0. The van der Waals surface area contributed by atoms with Crippen LogP contribution in [0.25, 0.3) is 0 Å². The second-order valence-electron chi connectivity index (χ2n) is 6.88. The van der Waals surface area contributed by atoms with Crippen LogP contribution in [0.1, 0.15) is 35.7 Å². The monoisotopic (exact) mass is 391 g/mol. The molecule has 1 aromatic heterocycles. The number of anilines is 3. The number of amides is 1. The highest BCUT2D eigenvalue weighted by molar-refractivity contribution is 6.04. The zero-order valence-corrected chi connectivity index (χ0v) is 17.0. The topological polar surface area (TPSA) is 72.5 Å². The first kappa shape index (κ1) is 20.2. The van der Waals surface area contributed by atoms with Crippen LogP contribution >= 0.6 is 0 Å².